The van der Waals surface area contributed by atoms with Crippen molar-refractivity contribution >= 4 is 30.7 Å². The van der Waals surface area contributed by atoms with Gasteiger partial charge in [0.05, 0.1) is 12.0 Å². The van der Waals surface area contributed by atoms with Gasteiger partial charge >= 0.3 is 0 Å². The smallest absolute Gasteiger partial charge is 0.225 e. The number of carbonyl (C=O) groups excluding carboxylic acids is 1. The van der Waals surface area contributed by atoms with Gasteiger partial charge in [0, 0.05) is 32.2 Å². The third kappa shape index (κ3) is 7.56. The summed E-state index contributed by atoms with van der Waals surface area (Å²) in [6.45, 7) is 5.16. The highest BCUT2D eigenvalue weighted by molar-refractivity contribution is 5.85. The zero-order valence-corrected chi connectivity index (χ0v) is 19.0. The van der Waals surface area contributed by atoms with E-state index in [1.807, 2.05) is 37.3 Å². The van der Waals surface area contributed by atoms with Crippen molar-refractivity contribution in [1.29, 1.82) is 0 Å². The minimum Gasteiger partial charge on any atom is -0.393 e. The van der Waals surface area contributed by atoms with Gasteiger partial charge in [-0.3, -0.25) is 9.69 Å². The second kappa shape index (κ2) is 12.9. The first kappa shape index (κ1) is 26.4. The van der Waals surface area contributed by atoms with Crippen molar-refractivity contribution in [3.8, 4) is 0 Å². The van der Waals surface area contributed by atoms with Crippen LogP contribution in [0.2, 0.25) is 0 Å². The maximum absolute atomic E-state index is 12.5. The minimum absolute atomic E-state index is 0. The average Bonchev–Trinajstić information content (AvgIpc) is 2.74. The molecule has 1 heterocycles. The number of rotatable bonds is 7. The van der Waals surface area contributed by atoms with Crippen LogP contribution < -0.4 is 11.1 Å². The second-order valence-electron chi connectivity index (χ2n) is 7.77. The summed E-state index contributed by atoms with van der Waals surface area (Å²) in [5, 5.41) is 12.6. The van der Waals surface area contributed by atoms with Crippen molar-refractivity contribution in [2.75, 3.05) is 13.1 Å². The zero-order chi connectivity index (χ0) is 19.9. The summed E-state index contributed by atoms with van der Waals surface area (Å²) < 4.78 is 0. The van der Waals surface area contributed by atoms with Gasteiger partial charge in [0.1, 0.15) is 0 Å². The number of aliphatic hydroxyl groups excluding tert-OH is 1. The molecule has 0 bridgehead atoms. The Bertz CT molecular complexity index is 751. The highest BCUT2D eigenvalue weighted by Crippen LogP contribution is 2.19. The van der Waals surface area contributed by atoms with Crippen molar-refractivity contribution in [3.05, 3.63) is 71.3 Å². The molecule has 2 unspecified atom stereocenters. The van der Waals surface area contributed by atoms with Gasteiger partial charge in [-0.05, 0) is 29.5 Å². The first-order valence-corrected chi connectivity index (χ1v) is 10.1. The topological polar surface area (TPSA) is 78.6 Å². The Morgan fingerprint density at radius 2 is 1.63 bits per heavy atom. The van der Waals surface area contributed by atoms with Crippen LogP contribution in [0.3, 0.4) is 0 Å². The van der Waals surface area contributed by atoms with E-state index in [4.69, 9.17) is 5.73 Å². The van der Waals surface area contributed by atoms with E-state index in [0.717, 1.165) is 43.6 Å². The molecule has 30 heavy (non-hydrogen) atoms. The lowest BCUT2D eigenvalue weighted by Crippen LogP contribution is -2.35. The SMILES string of the molecule is CC(C(=O)NCc1ccc(CN2CCC(O)CC2)cc1)C(N)c1ccccc1.Cl.Cl. The number of benzene rings is 2. The lowest BCUT2D eigenvalue weighted by Gasteiger charge is -2.29. The molecule has 0 saturated carbocycles. The molecular weight excluding hydrogens is 421 g/mol. The third-order valence-electron chi connectivity index (χ3n) is 5.59. The van der Waals surface area contributed by atoms with Crippen LogP contribution in [0.1, 0.15) is 42.5 Å². The summed E-state index contributed by atoms with van der Waals surface area (Å²) in [6, 6.07) is 17.8. The number of amides is 1. The van der Waals surface area contributed by atoms with Gasteiger partial charge < -0.3 is 16.2 Å². The van der Waals surface area contributed by atoms with E-state index in [0.29, 0.717) is 6.54 Å². The van der Waals surface area contributed by atoms with Gasteiger partial charge in [0.15, 0.2) is 0 Å². The first-order chi connectivity index (χ1) is 13.5. The molecule has 1 amide bonds. The number of nitrogens with zero attached hydrogens (tertiary/aromatic N) is 1. The van der Waals surface area contributed by atoms with Crippen LogP contribution in [0.4, 0.5) is 0 Å². The fourth-order valence-corrected chi connectivity index (χ4v) is 3.58. The summed E-state index contributed by atoms with van der Waals surface area (Å²) >= 11 is 0. The average molecular weight is 454 g/mol. The van der Waals surface area contributed by atoms with E-state index < -0.39 is 0 Å². The molecule has 0 radical (unpaired) electrons. The highest BCUT2D eigenvalue weighted by Gasteiger charge is 2.22. The van der Waals surface area contributed by atoms with Gasteiger partial charge in [-0.25, -0.2) is 0 Å². The predicted octanol–water partition coefficient (Wildman–Crippen LogP) is 3.44. The second-order valence-corrected chi connectivity index (χ2v) is 7.77. The van der Waals surface area contributed by atoms with Gasteiger partial charge in [0.25, 0.3) is 0 Å². The molecule has 0 spiro atoms. The molecule has 3 rings (SSSR count). The van der Waals surface area contributed by atoms with Crippen molar-refractivity contribution in [1.82, 2.24) is 10.2 Å². The van der Waals surface area contributed by atoms with E-state index in [-0.39, 0.29) is 48.8 Å². The van der Waals surface area contributed by atoms with E-state index in [2.05, 4.69) is 34.5 Å². The molecule has 1 fully saturated rings. The number of carbonyl (C=O) groups is 1. The summed E-state index contributed by atoms with van der Waals surface area (Å²) in [4.78, 5) is 14.8. The number of nitrogens with one attached hydrogen (secondary N) is 1. The fraction of sp³-hybridized carbons (Fsp3) is 0.435. The number of aliphatic hydroxyl groups is 1. The number of halogens is 2. The Hall–Kier alpha value is -1.63. The number of nitrogens with two attached hydrogens (primary N) is 1. The molecule has 166 valence electrons. The largest absolute Gasteiger partial charge is 0.393 e. The molecule has 2 aromatic rings. The normalized spacial score (nSPS) is 16.6. The van der Waals surface area contributed by atoms with Crippen molar-refractivity contribution < 1.29 is 9.90 Å². The van der Waals surface area contributed by atoms with Crippen LogP contribution in [0.25, 0.3) is 0 Å². The number of likely N-dealkylation sites (tertiary alicyclic amines) is 1. The Balaban J connectivity index is 0.00000225. The lowest BCUT2D eigenvalue weighted by atomic mass is 9.94. The summed E-state index contributed by atoms with van der Waals surface area (Å²) in [7, 11) is 0. The summed E-state index contributed by atoms with van der Waals surface area (Å²) in [6.07, 6.45) is 1.57. The van der Waals surface area contributed by atoms with Gasteiger partial charge in [-0.2, -0.15) is 0 Å². The van der Waals surface area contributed by atoms with E-state index >= 15 is 0 Å². The van der Waals surface area contributed by atoms with Crippen molar-refractivity contribution in [2.45, 2.75) is 45.0 Å². The van der Waals surface area contributed by atoms with Crippen molar-refractivity contribution in [2.24, 2.45) is 11.7 Å². The van der Waals surface area contributed by atoms with Crippen LogP contribution in [-0.4, -0.2) is 35.1 Å². The zero-order valence-electron chi connectivity index (χ0n) is 17.4. The number of hydrogen-bond donors (Lipinski definition) is 3. The molecule has 1 aliphatic heterocycles. The van der Waals surface area contributed by atoms with Crippen LogP contribution >= 0.6 is 24.8 Å². The molecule has 5 nitrogen and oxygen atoms in total. The Labute approximate surface area is 191 Å². The van der Waals surface area contributed by atoms with E-state index in [1.165, 1.54) is 5.56 Å². The highest BCUT2D eigenvalue weighted by atomic mass is 35.5. The quantitative estimate of drug-likeness (QED) is 0.599. The fourth-order valence-electron chi connectivity index (χ4n) is 3.58. The standard InChI is InChI=1S/C23H31N3O2.2ClH/c1-17(22(24)20-5-3-2-4-6-20)23(28)25-15-18-7-9-19(10-8-18)16-26-13-11-21(27)12-14-26;;/h2-10,17,21-22,27H,11-16,24H2,1H3,(H,25,28);2*1H. The van der Waals surface area contributed by atoms with Crippen LogP contribution in [0.5, 0.6) is 0 Å². The molecule has 0 aliphatic carbocycles. The Morgan fingerprint density at radius 1 is 1.07 bits per heavy atom. The Kier molecular flexibility index (Phi) is 11.4. The van der Waals surface area contributed by atoms with E-state index in [1.54, 1.807) is 0 Å². The summed E-state index contributed by atoms with van der Waals surface area (Å²) in [5.41, 5.74) is 9.55. The molecule has 1 saturated heterocycles. The van der Waals surface area contributed by atoms with Gasteiger partial charge in [-0.1, -0.05) is 61.5 Å². The van der Waals surface area contributed by atoms with Crippen molar-refractivity contribution in [3.63, 3.8) is 0 Å². The third-order valence-corrected chi connectivity index (χ3v) is 5.59. The van der Waals surface area contributed by atoms with Crippen LogP contribution in [0.15, 0.2) is 54.6 Å². The first-order valence-electron chi connectivity index (χ1n) is 10.1. The monoisotopic (exact) mass is 453 g/mol. The molecule has 4 N–H and O–H groups in total. The molecule has 1 aliphatic rings. The molecule has 0 aromatic heterocycles. The lowest BCUT2D eigenvalue weighted by molar-refractivity contribution is -0.125. The van der Waals surface area contributed by atoms with Crippen LogP contribution in [0, 0.1) is 5.92 Å². The van der Waals surface area contributed by atoms with E-state index in [9.17, 15) is 9.90 Å². The van der Waals surface area contributed by atoms with Crippen LogP contribution in [-0.2, 0) is 17.9 Å². The number of hydrogen-bond acceptors (Lipinski definition) is 4. The molecule has 7 heteroatoms. The maximum Gasteiger partial charge on any atom is 0.225 e. The van der Waals surface area contributed by atoms with Gasteiger partial charge in [-0.15, -0.1) is 24.8 Å². The predicted molar refractivity (Wildman–Crippen MR) is 126 cm³/mol. The Morgan fingerprint density at radius 3 is 2.23 bits per heavy atom. The van der Waals surface area contributed by atoms with Gasteiger partial charge in [0.2, 0.25) is 5.91 Å². The summed E-state index contributed by atoms with van der Waals surface area (Å²) in [5.74, 6) is -0.330. The molecule has 2 atom stereocenters. The minimum atomic E-state index is -0.313. The molecule has 2 aromatic carbocycles. The maximum atomic E-state index is 12.5. The number of piperidine rings is 1. The molecular formula is C23H33Cl2N3O2.